The number of benzene rings is 1. The zero-order valence-corrected chi connectivity index (χ0v) is 14.4. The number of ether oxygens (including phenoxy) is 3. The van der Waals surface area contributed by atoms with Gasteiger partial charge in [0, 0.05) is 30.3 Å². The van der Waals surface area contributed by atoms with Crippen LogP contribution in [0.15, 0.2) is 24.3 Å². The van der Waals surface area contributed by atoms with Gasteiger partial charge in [0.1, 0.15) is 0 Å². The minimum Gasteiger partial charge on any atom is -0.481 e. The number of amides is 1. The van der Waals surface area contributed by atoms with Gasteiger partial charge in [-0.25, -0.2) is 0 Å². The van der Waals surface area contributed by atoms with Crippen LogP contribution in [0.1, 0.15) is 21.7 Å². The van der Waals surface area contributed by atoms with E-state index in [1.54, 1.807) is 25.2 Å². The minimum atomic E-state index is -1.37. The van der Waals surface area contributed by atoms with Crippen LogP contribution in [0.5, 0.6) is 11.8 Å². The maximum atomic E-state index is 12.7. The summed E-state index contributed by atoms with van der Waals surface area (Å²) in [7, 11) is 6.04. The first-order valence-electron chi connectivity index (χ1n) is 7.09. The molecular weight excluding hydrogens is 334 g/mol. The van der Waals surface area contributed by atoms with Crippen LogP contribution in [-0.2, 0) is 10.5 Å². The molecule has 0 fully saturated rings. The summed E-state index contributed by atoms with van der Waals surface area (Å²) >= 11 is 6.38. The molecule has 0 radical (unpaired) electrons. The first-order chi connectivity index (χ1) is 11.5. The summed E-state index contributed by atoms with van der Waals surface area (Å²) in [6.07, 6.45) is 0. The van der Waals surface area contributed by atoms with Gasteiger partial charge in [-0.05, 0) is 12.1 Å². The van der Waals surface area contributed by atoms with E-state index in [1.807, 2.05) is 0 Å². The Morgan fingerprint density at radius 2 is 1.75 bits per heavy atom. The summed E-state index contributed by atoms with van der Waals surface area (Å²) in [6.45, 7) is 0. The van der Waals surface area contributed by atoms with E-state index >= 15 is 0 Å². The zero-order chi connectivity index (χ0) is 17.5. The highest BCUT2D eigenvalue weighted by molar-refractivity contribution is 6.32. The monoisotopic (exact) mass is 349 g/mol. The van der Waals surface area contributed by atoms with Crippen LogP contribution in [0.2, 0.25) is 5.02 Å². The molecule has 8 heteroatoms. The van der Waals surface area contributed by atoms with Gasteiger partial charge in [0.05, 0.1) is 20.3 Å². The van der Waals surface area contributed by atoms with Gasteiger partial charge in [-0.15, -0.1) is 0 Å². The molecule has 0 spiro atoms. The van der Waals surface area contributed by atoms with Crippen molar-refractivity contribution < 1.29 is 19.0 Å². The van der Waals surface area contributed by atoms with E-state index in [2.05, 4.69) is 9.97 Å². The summed E-state index contributed by atoms with van der Waals surface area (Å²) in [4.78, 5) is 22.8. The number of carbonyl (C=O) groups is 1. The summed E-state index contributed by atoms with van der Waals surface area (Å²) in [5.41, 5.74) is -0.429. The van der Waals surface area contributed by atoms with Crippen molar-refractivity contribution >= 4 is 17.5 Å². The van der Waals surface area contributed by atoms with Crippen LogP contribution < -0.4 is 9.47 Å². The Morgan fingerprint density at radius 3 is 2.29 bits per heavy atom. The van der Waals surface area contributed by atoms with Gasteiger partial charge >= 0.3 is 0 Å². The maximum Gasteiger partial charge on any atom is 0.256 e. The predicted octanol–water partition coefficient (Wildman–Crippen LogP) is 2.08. The Labute approximate surface area is 144 Å². The molecular formula is C16H16ClN3O4. The number of carbonyl (C=O) groups excluding carboxylic acids is 1. The molecule has 1 unspecified atom stereocenters. The van der Waals surface area contributed by atoms with E-state index in [0.29, 0.717) is 16.1 Å². The van der Waals surface area contributed by atoms with Crippen LogP contribution in [0.4, 0.5) is 0 Å². The molecule has 0 bridgehead atoms. The van der Waals surface area contributed by atoms with E-state index in [1.165, 1.54) is 32.3 Å². The summed E-state index contributed by atoms with van der Waals surface area (Å²) < 4.78 is 16.2. The molecule has 1 atom stereocenters. The number of nitrogens with zero attached hydrogens (tertiary/aromatic N) is 3. The fourth-order valence-electron chi connectivity index (χ4n) is 2.89. The highest BCUT2D eigenvalue weighted by atomic mass is 35.5. The van der Waals surface area contributed by atoms with Gasteiger partial charge in [0.15, 0.2) is 5.82 Å². The van der Waals surface area contributed by atoms with E-state index in [-0.39, 0.29) is 23.5 Å². The first-order valence-corrected chi connectivity index (χ1v) is 7.47. The topological polar surface area (TPSA) is 73.8 Å². The number of rotatable bonds is 4. The second-order valence-corrected chi connectivity index (χ2v) is 5.56. The molecule has 24 heavy (non-hydrogen) atoms. The van der Waals surface area contributed by atoms with Gasteiger partial charge in [-0.2, -0.15) is 9.97 Å². The SMILES string of the molecule is COc1cc(OC)nc(C2(OC)c3c(Cl)cccc3C(=O)N2C)n1. The molecule has 7 nitrogen and oxygen atoms in total. The van der Waals surface area contributed by atoms with Gasteiger partial charge in [-0.1, -0.05) is 17.7 Å². The largest absolute Gasteiger partial charge is 0.481 e. The third-order valence-corrected chi connectivity index (χ3v) is 4.37. The Morgan fingerprint density at radius 1 is 1.12 bits per heavy atom. The molecule has 0 aliphatic carbocycles. The zero-order valence-electron chi connectivity index (χ0n) is 13.7. The smallest absolute Gasteiger partial charge is 0.256 e. The van der Waals surface area contributed by atoms with Crippen molar-refractivity contribution in [3.63, 3.8) is 0 Å². The standard InChI is InChI=1S/C16H16ClN3O4/c1-20-14(21)9-6-5-7-10(17)13(9)16(20,24-4)15-18-11(22-2)8-12(19-15)23-3/h5-8H,1-4H3. The summed E-state index contributed by atoms with van der Waals surface area (Å²) in [6, 6.07) is 6.64. The van der Waals surface area contributed by atoms with Gasteiger partial charge in [0.25, 0.3) is 5.91 Å². The number of methoxy groups -OCH3 is 3. The number of aromatic nitrogens is 2. The fourth-order valence-corrected chi connectivity index (χ4v) is 3.20. The molecule has 1 amide bonds. The second-order valence-electron chi connectivity index (χ2n) is 5.15. The van der Waals surface area contributed by atoms with E-state index in [0.717, 1.165) is 0 Å². The molecule has 126 valence electrons. The van der Waals surface area contributed by atoms with Gasteiger partial charge < -0.3 is 19.1 Å². The third-order valence-electron chi connectivity index (χ3n) is 4.06. The Hall–Kier alpha value is -2.38. The lowest BCUT2D eigenvalue weighted by Gasteiger charge is -2.34. The second kappa shape index (κ2) is 5.92. The molecule has 1 aromatic heterocycles. The normalized spacial score (nSPS) is 19.4. The molecule has 1 aliphatic heterocycles. The molecule has 2 heterocycles. The molecule has 0 N–H and O–H groups in total. The van der Waals surface area contributed by atoms with Gasteiger partial charge in [-0.3, -0.25) is 4.79 Å². The average molecular weight is 350 g/mol. The lowest BCUT2D eigenvalue weighted by molar-refractivity contribution is -0.0782. The highest BCUT2D eigenvalue weighted by Gasteiger charge is 2.53. The molecule has 1 aromatic carbocycles. The van der Waals surface area contributed by atoms with Gasteiger partial charge in [0.2, 0.25) is 17.5 Å². The van der Waals surface area contributed by atoms with E-state index in [4.69, 9.17) is 25.8 Å². The molecule has 3 rings (SSSR count). The van der Waals surface area contributed by atoms with Crippen LogP contribution >= 0.6 is 11.6 Å². The minimum absolute atomic E-state index is 0.198. The van der Waals surface area contributed by atoms with Crippen LogP contribution in [0.25, 0.3) is 0 Å². The van der Waals surface area contributed by atoms with Crippen LogP contribution in [0.3, 0.4) is 0 Å². The summed E-state index contributed by atoms with van der Waals surface area (Å²) in [5, 5.41) is 0.387. The highest BCUT2D eigenvalue weighted by Crippen LogP contribution is 2.46. The Balaban J connectivity index is 2.34. The maximum absolute atomic E-state index is 12.7. The predicted molar refractivity (Wildman–Crippen MR) is 86.5 cm³/mol. The van der Waals surface area contributed by atoms with Crippen molar-refractivity contribution in [3.05, 3.63) is 46.2 Å². The lowest BCUT2D eigenvalue weighted by Crippen LogP contribution is -2.45. The Bertz CT molecular complexity index is 792. The van der Waals surface area contributed by atoms with Crippen LogP contribution in [0, 0.1) is 0 Å². The molecule has 0 saturated heterocycles. The van der Waals surface area contributed by atoms with Crippen molar-refractivity contribution in [2.75, 3.05) is 28.4 Å². The first kappa shape index (κ1) is 16.5. The van der Waals surface area contributed by atoms with E-state index < -0.39 is 5.72 Å². The number of fused-ring (bicyclic) bond motifs is 1. The van der Waals surface area contributed by atoms with Crippen molar-refractivity contribution in [3.8, 4) is 11.8 Å². The van der Waals surface area contributed by atoms with Crippen molar-refractivity contribution in [1.82, 2.24) is 14.9 Å². The summed E-state index contributed by atoms with van der Waals surface area (Å²) in [5.74, 6) is 0.535. The molecule has 2 aromatic rings. The van der Waals surface area contributed by atoms with Crippen molar-refractivity contribution in [1.29, 1.82) is 0 Å². The van der Waals surface area contributed by atoms with Crippen molar-refractivity contribution in [2.45, 2.75) is 5.72 Å². The quantitative estimate of drug-likeness (QED) is 0.841. The molecule has 1 aliphatic rings. The average Bonchev–Trinajstić information content (AvgIpc) is 2.84. The number of hydrogen-bond donors (Lipinski definition) is 0. The van der Waals surface area contributed by atoms with Crippen LogP contribution in [-0.4, -0.2) is 49.2 Å². The van der Waals surface area contributed by atoms with Crippen molar-refractivity contribution in [2.24, 2.45) is 0 Å². The van der Waals surface area contributed by atoms with E-state index in [9.17, 15) is 4.79 Å². The Kier molecular flexibility index (Phi) is 4.06. The fraction of sp³-hybridized carbons (Fsp3) is 0.312. The number of halogens is 1. The number of hydrogen-bond acceptors (Lipinski definition) is 6. The molecule has 0 saturated carbocycles. The third kappa shape index (κ3) is 2.12. The lowest BCUT2D eigenvalue weighted by atomic mass is 10.00.